The second-order valence-corrected chi connectivity index (χ2v) is 7.16. The van der Waals surface area contributed by atoms with E-state index in [-0.39, 0.29) is 18.4 Å². The number of likely N-dealkylation sites (N-methyl/N-ethyl adjacent to an activating group) is 1. The molecule has 0 saturated carbocycles. The number of nitrogens with one attached hydrogen (secondary N) is 1. The molecule has 7 heteroatoms. The van der Waals surface area contributed by atoms with E-state index >= 15 is 0 Å². The summed E-state index contributed by atoms with van der Waals surface area (Å²) >= 11 is 0. The van der Waals surface area contributed by atoms with E-state index in [9.17, 15) is 9.59 Å². The molecule has 0 aliphatic carbocycles. The van der Waals surface area contributed by atoms with Crippen LogP contribution in [0.2, 0.25) is 0 Å². The van der Waals surface area contributed by atoms with E-state index < -0.39 is 0 Å². The molecule has 1 saturated heterocycles. The van der Waals surface area contributed by atoms with Crippen LogP contribution in [0.25, 0.3) is 6.08 Å². The lowest BCUT2D eigenvalue weighted by Crippen LogP contribution is -2.37. The quantitative estimate of drug-likeness (QED) is 0.661. The molecule has 1 heterocycles. The van der Waals surface area contributed by atoms with Gasteiger partial charge in [0, 0.05) is 37.1 Å². The van der Waals surface area contributed by atoms with Gasteiger partial charge >= 0.3 is 0 Å². The van der Waals surface area contributed by atoms with Gasteiger partial charge in [0.2, 0.25) is 11.8 Å². The van der Waals surface area contributed by atoms with E-state index in [4.69, 9.17) is 9.47 Å². The number of carbonyl (C=O) groups is 2. The zero-order valence-corrected chi connectivity index (χ0v) is 18.0. The molecule has 0 aromatic heterocycles. The van der Waals surface area contributed by atoms with Gasteiger partial charge in [-0.1, -0.05) is 12.1 Å². The van der Waals surface area contributed by atoms with Crippen LogP contribution in [0.15, 0.2) is 54.6 Å². The molecular formula is C24H29N3O4. The highest BCUT2D eigenvalue weighted by Gasteiger charge is 2.14. The van der Waals surface area contributed by atoms with Gasteiger partial charge in [0.1, 0.15) is 12.3 Å². The van der Waals surface area contributed by atoms with Gasteiger partial charge in [-0.15, -0.1) is 0 Å². The third-order valence-electron chi connectivity index (χ3n) is 5.07. The fourth-order valence-electron chi connectivity index (χ4n) is 3.31. The number of benzene rings is 2. The fraction of sp³-hybridized carbons (Fsp3) is 0.333. The second-order valence-electron chi connectivity index (χ2n) is 7.16. The second kappa shape index (κ2) is 11.2. The van der Waals surface area contributed by atoms with E-state index in [1.165, 1.54) is 11.0 Å². The summed E-state index contributed by atoms with van der Waals surface area (Å²) < 4.78 is 10.6. The Hall–Kier alpha value is -3.32. The summed E-state index contributed by atoms with van der Waals surface area (Å²) in [5, 5.41) is 2.86. The van der Waals surface area contributed by atoms with Gasteiger partial charge < -0.3 is 24.6 Å². The molecule has 1 fully saturated rings. The Balaban J connectivity index is 1.53. The predicted octanol–water partition coefficient (Wildman–Crippen LogP) is 3.03. The summed E-state index contributed by atoms with van der Waals surface area (Å²) in [6.07, 6.45) is 3.19. The van der Waals surface area contributed by atoms with E-state index in [0.29, 0.717) is 12.2 Å². The molecule has 1 aliphatic heterocycles. The predicted molar refractivity (Wildman–Crippen MR) is 122 cm³/mol. The lowest BCUT2D eigenvalue weighted by atomic mass is 10.2. The molecule has 0 atom stereocenters. The molecule has 31 heavy (non-hydrogen) atoms. The number of morpholine rings is 1. The van der Waals surface area contributed by atoms with Crippen molar-refractivity contribution in [2.75, 3.05) is 56.7 Å². The molecule has 2 aromatic carbocycles. The first-order valence-corrected chi connectivity index (χ1v) is 10.4. The molecule has 1 aliphatic rings. The summed E-state index contributed by atoms with van der Waals surface area (Å²) in [4.78, 5) is 28.7. The van der Waals surface area contributed by atoms with E-state index in [0.717, 1.165) is 43.3 Å². The monoisotopic (exact) mass is 423 g/mol. The number of nitrogens with zero attached hydrogens (tertiary/aromatic N) is 2. The van der Waals surface area contributed by atoms with Crippen molar-refractivity contribution in [1.29, 1.82) is 0 Å². The Morgan fingerprint density at radius 3 is 2.58 bits per heavy atom. The highest BCUT2D eigenvalue weighted by Crippen LogP contribution is 2.19. The summed E-state index contributed by atoms with van der Waals surface area (Å²) in [6, 6.07) is 15.2. The van der Waals surface area contributed by atoms with Crippen LogP contribution in [0, 0.1) is 0 Å². The number of methoxy groups -OCH3 is 1. The third-order valence-corrected chi connectivity index (χ3v) is 5.07. The van der Waals surface area contributed by atoms with E-state index in [1.807, 2.05) is 55.5 Å². The first-order valence-electron chi connectivity index (χ1n) is 10.4. The van der Waals surface area contributed by atoms with Crippen LogP contribution in [-0.4, -0.2) is 63.2 Å². The maximum absolute atomic E-state index is 12.5. The molecule has 0 spiro atoms. The minimum absolute atomic E-state index is 0.0109. The van der Waals surface area contributed by atoms with Crippen molar-refractivity contribution >= 4 is 29.3 Å². The van der Waals surface area contributed by atoms with Gasteiger partial charge in [-0.2, -0.15) is 0 Å². The van der Waals surface area contributed by atoms with E-state index in [2.05, 4.69) is 10.2 Å². The lowest BCUT2D eigenvalue weighted by molar-refractivity contribution is -0.130. The number of ether oxygens (including phenoxy) is 2. The van der Waals surface area contributed by atoms with Crippen molar-refractivity contribution in [3.8, 4) is 5.75 Å². The molecule has 3 rings (SSSR count). The number of anilines is 2. The van der Waals surface area contributed by atoms with Gasteiger partial charge in [0.05, 0.1) is 20.3 Å². The fourth-order valence-corrected chi connectivity index (χ4v) is 3.31. The molecule has 2 amide bonds. The number of amides is 2. The van der Waals surface area contributed by atoms with Gasteiger partial charge in [-0.3, -0.25) is 9.59 Å². The molecule has 0 radical (unpaired) electrons. The Bertz CT molecular complexity index is 905. The van der Waals surface area contributed by atoms with Crippen LogP contribution in [0.3, 0.4) is 0 Å². The Kier molecular flexibility index (Phi) is 8.06. The Morgan fingerprint density at radius 2 is 1.90 bits per heavy atom. The van der Waals surface area contributed by atoms with Crippen molar-refractivity contribution in [3.63, 3.8) is 0 Å². The smallest absolute Gasteiger partial charge is 0.247 e. The maximum atomic E-state index is 12.5. The molecule has 0 bridgehead atoms. The van der Waals surface area contributed by atoms with Crippen LogP contribution in [0.5, 0.6) is 5.75 Å². The highest BCUT2D eigenvalue weighted by atomic mass is 16.5. The standard InChI is InChI=1S/C24H29N3O4/c1-3-26(24(29)12-7-19-5-4-6-22(17-19)30-2)18-23(28)25-20-8-10-21(11-9-20)27-13-15-31-16-14-27/h4-12,17H,3,13-16,18H2,1-2H3,(H,25,28)/b12-7+. The van der Waals surface area contributed by atoms with Crippen LogP contribution in [0.1, 0.15) is 12.5 Å². The molecule has 2 aromatic rings. The zero-order valence-electron chi connectivity index (χ0n) is 18.0. The Morgan fingerprint density at radius 1 is 1.16 bits per heavy atom. The molecule has 0 unspecified atom stereocenters. The minimum atomic E-state index is -0.232. The van der Waals surface area contributed by atoms with Gasteiger partial charge in [0.25, 0.3) is 0 Å². The lowest BCUT2D eigenvalue weighted by Gasteiger charge is -2.29. The minimum Gasteiger partial charge on any atom is -0.497 e. The maximum Gasteiger partial charge on any atom is 0.247 e. The summed E-state index contributed by atoms with van der Waals surface area (Å²) in [6.45, 7) is 5.46. The molecule has 1 N–H and O–H groups in total. The van der Waals surface area contributed by atoms with Crippen LogP contribution >= 0.6 is 0 Å². The average Bonchev–Trinajstić information content (AvgIpc) is 2.82. The zero-order chi connectivity index (χ0) is 22.1. The topological polar surface area (TPSA) is 71.1 Å². The third kappa shape index (κ3) is 6.58. The van der Waals surface area contributed by atoms with Gasteiger partial charge in [-0.25, -0.2) is 0 Å². The van der Waals surface area contributed by atoms with E-state index in [1.54, 1.807) is 13.2 Å². The van der Waals surface area contributed by atoms with Crippen molar-refractivity contribution in [1.82, 2.24) is 4.90 Å². The molecule has 7 nitrogen and oxygen atoms in total. The van der Waals surface area contributed by atoms with Crippen molar-refractivity contribution in [2.45, 2.75) is 6.92 Å². The summed E-state index contributed by atoms with van der Waals surface area (Å²) in [5.41, 5.74) is 2.67. The number of hydrogen-bond donors (Lipinski definition) is 1. The van der Waals surface area contributed by atoms with Gasteiger partial charge in [-0.05, 0) is 55.0 Å². The van der Waals surface area contributed by atoms with Crippen LogP contribution in [-0.2, 0) is 14.3 Å². The SMILES string of the molecule is CCN(CC(=O)Nc1ccc(N2CCOCC2)cc1)C(=O)/C=C/c1cccc(OC)c1. The highest BCUT2D eigenvalue weighted by molar-refractivity contribution is 5.98. The Labute approximate surface area is 183 Å². The first kappa shape index (κ1) is 22.4. The summed E-state index contributed by atoms with van der Waals surface area (Å²) in [5.74, 6) is 0.271. The first-order chi connectivity index (χ1) is 15.1. The molecular weight excluding hydrogens is 394 g/mol. The van der Waals surface area contributed by atoms with Crippen molar-refractivity contribution in [2.24, 2.45) is 0 Å². The van der Waals surface area contributed by atoms with Crippen molar-refractivity contribution in [3.05, 3.63) is 60.2 Å². The normalized spacial score (nSPS) is 13.8. The van der Waals surface area contributed by atoms with Crippen LogP contribution < -0.4 is 15.0 Å². The van der Waals surface area contributed by atoms with Crippen molar-refractivity contribution < 1.29 is 19.1 Å². The average molecular weight is 424 g/mol. The van der Waals surface area contributed by atoms with Crippen LogP contribution in [0.4, 0.5) is 11.4 Å². The van der Waals surface area contributed by atoms with Gasteiger partial charge in [0.15, 0.2) is 0 Å². The number of rotatable bonds is 8. The number of carbonyl (C=O) groups excluding carboxylic acids is 2. The largest absolute Gasteiger partial charge is 0.497 e. The summed E-state index contributed by atoms with van der Waals surface area (Å²) in [7, 11) is 1.60. The molecule has 164 valence electrons. The number of hydrogen-bond acceptors (Lipinski definition) is 5.